The molecule has 198 valence electrons. The SMILES string of the molecule is COc1ccc(-c2nc3cc(C(=O)NC4CCC(N)CC4)ccn3c2Nc2c(C)cccc2C)cc1OC. The van der Waals surface area contributed by atoms with Crippen molar-refractivity contribution in [3.05, 3.63) is 71.4 Å². The van der Waals surface area contributed by atoms with Crippen molar-refractivity contribution in [3.8, 4) is 22.8 Å². The van der Waals surface area contributed by atoms with Crippen LogP contribution >= 0.6 is 0 Å². The fraction of sp³-hybridized carbons (Fsp3) is 0.333. The molecule has 0 spiro atoms. The molecule has 1 saturated carbocycles. The molecule has 8 heteroatoms. The number of ether oxygens (including phenoxy) is 2. The number of anilines is 2. The number of aryl methyl sites for hydroxylation is 2. The monoisotopic (exact) mass is 513 g/mol. The van der Waals surface area contributed by atoms with Crippen LogP contribution in [0.25, 0.3) is 16.9 Å². The zero-order valence-corrected chi connectivity index (χ0v) is 22.4. The highest BCUT2D eigenvalue weighted by Gasteiger charge is 2.22. The third kappa shape index (κ3) is 5.04. The van der Waals surface area contributed by atoms with Gasteiger partial charge < -0.3 is 25.8 Å². The Bertz CT molecular complexity index is 1450. The molecule has 5 rings (SSSR count). The number of carbonyl (C=O) groups excluding carboxylic acids is 1. The molecule has 2 aromatic heterocycles. The van der Waals surface area contributed by atoms with Gasteiger partial charge in [0.05, 0.1) is 14.2 Å². The summed E-state index contributed by atoms with van der Waals surface area (Å²) in [6.45, 7) is 4.16. The summed E-state index contributed by atoms with van der Waals surface area (Å²) in [5, 5.41) is 6.81. The van der Waals surface area contributed by atoms with Crippen LogP contribution in [0, 0.1) is 13.8 Å². The van der Waals surface area contributed by atoms with Crippen molar-refractivity contribution in [1.82, 2.24) is 14.7 Å². The van der Waals surface area contributed by atoms with E-state index in [1.165, 1.54) is 0 Å². The van der Waals surface area contributed by atoms with Gasteiger partial charge in [-0.05, 0) is 81.0 Å². The van der Waals surface area contributed by atoms with Crippen LogP contribution in [0.2, 0.25) is 0 Å². The largest absolute Gasteiger partial charge is 0.493 e. The third-order valence-corrected chi connectivity index (χ3v) is 7.38. The summed E-state index contributed by atoms with van der Waals surface area (Å²) in [4.78, 5) is 18.1. The maximum absolute atomic E-state index is 13.1. The number of nitrogens with two attached hydrogens (primary N) is 1. The molecule has 2 aromatic carbocycles. The lowest BCUT2D eigenvalue weighted by Gasteiger charge is -2.26. The van der Waals surface area contributed by atoms with E-state index in [1.54, 1.807) is 14.2 Å². The fourth-order valence-electron chi connectivity index (χ4n) is 5.15. The number of methoxy groups -OCH3 is 2. The Morgan fingerprint density at radius 1 is 0.974 bits per heavy atom. The maximum atomic E-state index is 13.1. The Morgan fingerprint density at radius 3 is 2.37 bits per heavy atom. The Kier molecular flexibility index (Phi) is 7.24. The van der Waals surface area contributed by atoms with Crippen molar-refractivity contribution in [2.24, 2.45) is 5.73 Å². The van der Waals surface area contributed by atoms with Gasteiger partial charge in [-0.15, -0.1) is 0 Å². The molecule has 8 nitrogen and oxygen atoms in total. The van der Waals surface area contributed by atoms with Crippen LogP contribution in [0.15, 0.2) is 54.7 Å². The smallest absolute Gasteiger partial charge is 0.251 e. The molecule has 0 atom stereocenters. The first kappa shape index (κ1) is 25.6. The van der Waals surface area contributed by atoms with Gasteiger partial charge in [-0.3, -0.25) is 9.20 Å². The highest BCUT2D eigenvalue weighted by molar-refractivity contribution is 5.95. The Labute approximate surface area is 223 Å². The van der Waals surface area contributed by atoms with Crippen molar-refractivity contribution >= 4 is 23.1 Å². The van der Waals surface area contributed by atoms with Crippen molar-refractivity contribution in [1.29, 1.82) is 0 Å². The molecule has 0 saturated heterocycles. The van der Waals surface area contributed by atoms with E-state index in [2.05, 4.69) is 36.6 Å². The lowest BCUT2D eigenvalue weighted by Crippen LogP contribution is -2.40. The van der Waals surface area contributed by atoms with Crippen LogP contribution in [-0.4, -0.2) is 41.6 Å². The molecule has 0 bridgehead atoms. The minimum atomic E-state index is -0.0899. The van der Waals surface area contributed by atoms with Gasteiger partial charge in [0, 0.05) is 35.1 Å². The summed E-state index contributed by atoms with van der Waals surface area (Å²) in [7, 11) is 3.23. The number of hydrogen-bond donors (Lipinski definition) is 3. The molecule has 1 fully saturated rings. The topological polar surface area (TPSA) is 103 Å². The van der Waals surface area contributed by atoms with Crippen LogP contribution in [-0.2, 0) is 0 Å². The number of pyridine rings is 1. The maximum Gasteiger partial charge on any atom is 0.251 e. The summed E-state index contributed by atoms with van der Waals surface area (Å²) in [6.07, 6.45) is 5.59. The van der Waals surface area contributed by atoms with E-state index in [1.807, 2.05) is 47.0 Å². The number of benzene rings is 2. The first-order valence-corrected chi connectivity index (χ1v) is 13.0. The second-order valence-corrected chi connectivity index (χ2v) is 10.00. The predicted molar refractivity (Wildman–Crippen MR) is 151 cm³/mol. The van der Waals surface area contributed by atoms with Crippen LogP contribution in [0.4, 0.5) is 11.5 Å². The molecule has 1 aliphatic carbocycles. The van der Waals surface area contributed by atoms with Gasteiger partial charge in [-0.2, -0.15) is 0 Å². The highest BCUT2D eigenvalue weighted by Crippen LogP contribution is 2.37. The number of aromatic nitrogens is 2. The first-order chi connectivity index (χ1) is 18.4. The lowest BCUT2D eigenvalue weighted by atomic mass is 9.91. The molecule has 0 aliphatic heterocycles. The number of fused-ring (bicyclic) bond motifs is 1. The number of imidazole rings is 1. The normalized spacial score (nSPS) is 17.3. The van der Waals surface area contributed by atoms with E-state index in [9.17, 15) is 4.79 Å². The Morgan fingerprint density at radius 2 is 1.68 bits per heavy atom. The summed E-state index contributed by atoms with van der Waals surface area (Å²) in [6, 6.07) is 16.0. The Balaban J connectivity index is 1.56. The van der Waals surface area contributed by atoms with Crippen molar-refractivity contribution in [2.75, 3.05) is 19.5 Å². The van der Waals surface area contributed by atoms with E-state index in [4.69, 9.17) is 20.2 Å². The van der Waals surface area contributed by atoms with E-state index in [0.29, 0.717) is 22.7 Å². The van der Waals surface area contributed by atoms with Gasteiger partial charge in [-0.25, -0.2) is 4.98 Å². The summed E-state index contributed by atoms with van der Waals surface area (Å²) in [5.74, 6) is 1.98. The number of nitrogens with zero attached hydrogens (tertiary/aromatic N) is 2. The van der Waals surface area contributed by atoms with Crippen LogP contribution < -0.4 is 25.8 Å². The summed E-state index contributed by atoms with van der Waals surface area (Å²) in [5.41, 5.74) is 12.2. The molecule has 4 N–H and O–H groups in total. The van der Waals surface area contributed by atoms with E-state index < -0.39 is 0 Å². The number of hydrogen-bond acceptors (Lipinski definition) is 6. The summed E-state index contributed by atoms with van der Waals surface area (Å²) < 4.78 is 13.0. The molecule has 0 radical (unpaired) electrons. The zero-order valence-electron chi connectivity index (χ0n) is 22.4. The molecule has 1 amide bonds. The Hall–Kier alpha value is -4.04. The minimum Gasteiger partial charge on any atom is -0.493 e. The highest BCUT2D eigenvalue weighted by atomic mass is 16.5. The molecule has 1 aliphatic rings. The molecule has 0 unspecified atom stereocenters. The first-order valence-electron chi connectivity index (χ1n) is 13.0. The van der Waals surface area contributed by atoms with E-state index in [0.717, 1.165) is 59.6 Å². The number of rotatable bonds is 7. The number of nitrogens with one attached hydrogen (secondary N) is 2. The number of amides is 1. The summed E-state index contributed by atoms with van der Waals surface area (Å²) >= 11 is 0. The van der Waals surface area contributed by atoms with Crippen molar-refractivity contribution in [2.45, 2.75) is 51.6 Å². The molecular weight excluding hydrogens is 478 g/mol. The lowest BCUT2D eigenvalue weighted by molar-refractivity contribution is 0.0926. The van der Waals surface area contributed by atoms with Crippen LogP contribution in [0.3, 0.4) is 0 Å². The minimum absolute atomic E-state index is 0.0899. The molecule has 38 heavy (non-hydrogen) atoms. The number of carbonyl (C=O) groups is 1. The van der Waals surface area contributed by atoms with Crippen molar-refractivity contribution < 1.29 is 14.3 Å². The van der Waals surface area contributed by atoms with Gasteiger partial charge in [0.1, 0.15) is 17.2 Å². The average Bonchev–Trinajstić information content (AvgIpc) is 3.29. The zero-order chi connectivity index (χ0) is 26.8. The van der Waals surface area contributed by atoms with Crippen LogP contribution in [0.5, 0.6) is 11.5 Å². The predicted octanol–water partition coefficient (Wildman–Crippen LogP) is 5.38. The molecular formula is C30H35N5O3. The average molecular weight is 514 g/mol. The molecule has 4 aromatic rings. The standard InChI is InChI=1S/C30H35N5O3/c1-18-6-5-7-19(2)27(18)34-29-28(20-8-13-24(37-3)25(16-20)38-4)33-26-17-21(14-15-35(26)29)30(36)32-23-11-9-22(31)10-12-23/h5-8,13-17,22-23,34H,9-12,31H2,1-4H3,(H,32,36). The van der Waals surface area contributed by atoms with Gasteiger partial charge in [0.2, 0.25) is 0 Å². The second-order valence-electron chi connectivity index (χ2n) is 10.00. The fourth-order valence-corrected chi connectivity index (χ4v) is 5.15. The van der Waals surface area contributed by atoms with E-state index in [-0.39, 0.29) is 18.0 Å². The van der Waals surface area contributed by atoms with Gasteiger partial charge in [0.15, 0.2) is 11.5 Å². The molecule has 2 heterocycles. The van der Waals surface area contributed by atoms with Crippen LogP contribution in [0.1, 0.15) is 47.2 Å². The quantitative estimate of drug-likeness (QED) is 0.307. The van der Waals surface area contributed by atoms with E-state index >= 15 is 0 Å². The van der Waals surface area contributed by atoms with Gasteiger partial charge in [0.25, 0.3) is 5.91 Å². The van der Waals surface area contributed by atoms with Crippen molar-refractivity contribution in [3.63, 3.8) is 0 Å². The number of para-hydroxylation sites is 1. The van der Waals surface area contributed by atoms with Gasteiger partial charge in [-0.1, -0.05) is 18.2 Å². The van der Waals surface area contributed by atoms with Gasteiger partial charge >= 0.3 is 0 Å². The second kappa shape index (κ2) is 10.8. The third-order valence-electron chi connectivity index (χ3n) is 7.38.